The third-order valence-electron chi connectivity index (χ3n) is 2.48. The zero-order valence-corrected chi connectivity index (χ0v) is 12.7. The third-order valence-corrected chi connectivity index (χ3v) is 2.48. The van der Waals surface area contributed by atoms with Crippen LogP contribution in [0.4, 0.5) is 0 Å². The molecule has 0 saturated carbocycles. The summed E-state index contributed by atoms with van der Waals surface area (Å²) in [5, 5.41) is 0. The van der Waals surface area contributed by atoms with Crippen LogP contribution in [-0.2, 0) is 19.9 Å². The Kier molecular flexibility index (Phi) is 7.51. The molecule has 2 aromatic carbocycles. The Balaban J connectivity index is 0.00000112. The Bertz CT molecular complexity index is 412. The molecule has 0 N–H and O–H groups in total. The predicted octanol–water partition coefficient (Wildman–Crippen LogP) is 0.114. The molecule has 0 aliphatic rings. The first-order valence-corrected chi connectivity index (χ1v) is 5.05. The Hall–Kier alpha value is -0.480. The van der Waals surface area contributed by atoms with Gasteiger partial charge in [-0.25, -0.2) is 0 Å². The lowest BCUT2D eigenvalue weighted by Gasteiger charge is -2.06. The van der Waals surface area contributed by atoms with Gasteiger partial charge < -0.3 is 24.0 Å². The smallest absolute Gasteiger partial charge is 0.0152 e. The van der Waals surface area contributed by atoms with Crippen LogP contribution < -0.4 is 24.0 Å². The van der Waals surface area contributed by atoms with Crippen molar-refractivity contribution in [2.24, 2.45) is 0 Å². The minimum atomic E-state index is 0. The molecule has 16 heavy (non-hydrogen) atoms. The molecule has 0 atom stereocenters. The number of hydrogen-bond donors (Lipinski definition) is 0. The normalized spacial score (nSPS) is 8.81. The summed E-state index contributed by atoms with van der Waals surface area (Å²) in [7, 11) is 0. The van der Waals surface area contributed by atoms with E-state index in [9.17, 15) is 0 Å². The molecule has 0 unspecified atom stereocenters. The fourth-order valence-electron chi connectivity index (χ4n) is 1.73. The monoisotopic (exact) mass is 344 g/mol. The van der Waals surface area contributed by atoms with Crippen molar-refractivity contribution in [3.8, 4) is 11.1 Å². The zero-order chi connectivity index (χ0) is 9.80. The van der Waals surface area contributed by atoms with Gasteiger partial charge in [0.1, 0.15) is 0 Å². The van der Waals surface area contributed by atoms with E-state index in [0.717, 1.165) is 6.42 Å². The van der Waals surface area contributed by atoms with E-state index in [-0.39, 0.29) is 37.5 Å². The number of halogens is 1. The molecule has 0 spiro atoms. The standard InChI is InChI=1S/C14H14.HI.H2S/c1-2-12-8-6-7-11-14(12)13-9-4-3-5-10-13;;/h3-11H,2H2,1H3;1H;1H2. The lowest BCUT2D eigenvalue weighted by molar-refractivity contribution is -0.00000293. The van der Waals surface area contributed by atoms with E-state index in [0.29, 0.717) is 0 Å². The highest BCUT2D eigenvalue weighted by Gasteiger charge is 2.00. The van der Waals surface area contributed by atoms with Gasteiger partial charge in [0.25, 0.3) is 0 Å². The average molecular weight is 344 g/mol. The highest BCUT2D eigenvalue weighted by Crippen LogP contribution is 2.23. The molecule has 0 fully saturated rings. The highest BCUT2D eigenvalue weighted by molar-refractivity contribution is 7.37. The van der Waals surface area contributed by atoms with E-state index < -0.39 is 0 Å². The second-order valence-corrected chi connectivity index (χ2v) is 3.38. The molecule has 2 heteroatoms. The topological polar surface area (TPSA) is 0 Å². The average Bonchev–Trinajstić information content (AvgIpc) is 2.30. The maximum atomic E-state index is 2.20. The van der Waals surface area contributed by atoms with Crippen molar-refractivity contribution < 1.29 is 24.0 Å². The first-order valence-electron chi connectivity index (χ1n) is 5.05. The van der Waals surface area contributed by atoms with Gasteiger partial charge >= 0.3 is 0 Å². The molecule has 0 bridgehead atoms. The predicted molar refractivity (Wildman–Crippen MR) is 72.8 cm³/mol. The summed E-state index contributed by atoms with van der Waals surface area (Å²) in [5.41, 5.74) is 4.08. The summed E-state index contributed by atoms with van der Waals surface area (Å²) in [5.74, 6) is 0. The maximum Gasteiger partial charge on any atom is -0.0152 e. The number of hydrogen-bond acceptors (Lipinski definition) is 0. The summed E-state index contributed by atoms with van der Waals surface area (Å²) in [6.45, 7) is 2.20. The molecule has 0 aliphatic heterocycles. The molecule has 0 aromatic heterocycles. The number of aryl methyl sites for hydroxylation is 1. The van der Waals surface area contributed by atoms with Crippen LogP contribution in [0.5, 0.6) is 0 Å². The summed E-state index contributed by atoms with van der Waals surface area (Å²) in [6.07, 6.45) is 1.09. The van der Waals surface area contributed by atoms with Crippen molar-refractivity contribution in [2.75, 3.05) is 0 Å². The Morgan fingerprint density at radius 2 is 1.38 bits per heavy atom. The van der Waals surface area contributed by atoms with Crippen LogP contribution in [0.1, 0.15) is 12.5 Å². The Morgan fingerprint density at radius 1 is 0.812 bits per heavy atom. The van der Waals surface area contributed by atoms with Gasteiger partial charge in [-0.1, -0.05) is 75.0 Å². The number of benzene rings is 2. The van der Waals surface area contributed by atoms with E-state index in [1.807, 2.05) is 0 Å². The van der Waals surface area contributed by atoms with Crippen molar-refractivity contribution in [3.63, 3.8) is 0 Å². The molecule has 0 radical (unpaired) electrons. The fourth-order valence-corrected chi connectivity index (χ4v) is 1.73. The lowest BCUT2D eigenvalue weighted by Crippen LogP contribution is -3.00. The molecule has 0 amide bonds. The van der Waals surface area contributed by atoms with E-state index >= 15 is 0 Å². The molecular formula is C14H17IS. The maximum absolute atomic E-state index is 2.20. The van der Waals surface area contributed by atoms with Crippen LogP contribution in [-0.4, -0.2) is 0 Å². The summed E-state index contributed by atoms with van der Waals surface area (Å²) < 4.78 is 0. The first-order chi connectivity index (χ1) is 6.92. The SMILES string of the molecule is CCc1ccccc1-c1ccccc1.[I-].[SH3+]. The molecule has 0 saturated heterocycles. The second kappa shape index (κ2) is 7.74. The van der Waals surface area contributed by atoms with Crippen molar-refractivity contribution in [1.82, 2.24) is 0 Å². The molecule has 0 nitrogen and oxygen atoms in total. The Labute approximate surface area is 122 Å². The van der Waals surface area contributed by atoms with Crippen LogP contribution in [0.2, 0.25) is 0 Å². The molecule has 0 aliphatic carbocycles. The van der Waals surface area contributed by atoms with Gasteiger partial charge in [-0.15, -0.1) is 0 Å². The van der Waals surface area contributed by atoms with Crippen LogP contribution in [0.25, 0.3) is 11.1 Å². The molecule has 0 heterocycles. The van der Waals surface area contributed by atoms with Gasteiger partial charge in [-0.05, 0) is 23.1 Å². The minimum absolute atomic E-state index is 0. The largest absolute Gasteiger partial charge is 1.00 e. The van der Waals surface area contributed by atoms with E-state index in [2.05, 4.69) is 61.5 Å². The summed E-state index contributed by atoms with van der Waals surface area (Å²) in [6, 6.07) is 19.1. The van der Waals surface area contributed by atoms with E-state index in [1.54, 1.807) is 0 Å². The summed E-state index contributed by atoms with van der Waals surface area (Å²) in [4.78, 5) is 0. The second-order valence-electron chi connectivity index (χ2n) is 3.38. The number of rotatable bonds is 2. The molecule has 2 rings (SSSR count). The van der Waals surface area contributed by atoms with Gasteiger partial charge in [0.2, 0.25) is 0 Å². The van der Waals surface area contributed by atoms with Crippen LogP contribution in [0, 0.1) is 0 Å². The van der Waals surface area contributed by atoms with Gasteiger partial charge in [-0.3, -0.25) is 0 Å². The Morgan fingerprint density at radius 3 is 2.00 bits per heavy atom. The van der Waals surface area contributed by atoms with Gasteiger partial charge in [0, 0.05) is 0 Å². The highest BCUT2D eigenvalue weighted by atomic mass is 127. The summed E-state index contributed by atoms with van der Waals surface area (Å²) >= 11 is 0. The zero-order valence-electron chi connectivity index (χ0n) is 9.36. The van der Waals surface area contributed by atoms with Crippen LogP contribution in [0.3, 0.4) is 0 Å². The van der Waals surface area contributed by atoms with Crippen LogP contribution in [0.15, 0.2) is 54.6 Å². The van der Waals surface area contributed by atoms with E-state index in [1.165, 1.54) is 16.7 Å². The first kappa shape index (κ1) is 15.5. The lowest BCUT2D eigenvalue weighted by atomic mass is 9.98. The third kappa shape index (κ3) is 3.52. The van der Waals surface area contributed by atoms with Gasteiger partial charge in [0.15, 0.2) is 0 Å². The van der Waals surface area contributed by atoms with Crippen molar-refractivity contribution in [1.29, 1.82) is 0 Å². The van der Waals surface area contributed by atoms with Crippen molar-refractivity contribution in [3.05, 3.63) is 60.2 Å². The molecule has 86 valence electrons. The van der Waals surface area contributed by atoms with Gasteiger partial charge in [-0.2, -0.15) is 0 Å². The van der Waals surface area contributed by atoms with Gasteiger partial charge in [0.05, 0.1) is 0 Å². The fraction of sp³-hybridized carbons (Fsp3) is 0.143. The van der Waals surface area contributed by atoms with Crippen molar-refractivity contribution in [2.45, 2.75) is 13.3 Å². The molecule has 2 aromatic rings. The van der Waals surface area contributed by atoms with E-state index in [4.69, 9.17) is 0 Å². The van der Waals surface area contributed by atoms with Crippen molar-refractivity contribution >= 4 is 13.5 Å². The molecular weight excluding hydrogens is 327 g/mol. The minimum Gasteiger partial charge on any atom is -1.00 e. The van der Waals surface area contributed by atoms with Crippen LogP contribution >= 0.6 is 0 Å². The quantitative estimate of drug-likeness (QED) is 0.536.